The molecule has 6 N–H and O–H groups in total. The van der Waals surface area contributed by atoms with Crippen LogP contribution in [0.15, 0.2) is 71.6 Å². The second-order valence-electron chi connectivity index (χ2n) is 9.70. The number of aromatic carboxylic acids is 1. The fraction of sp³-hybridized carbons (Fsp3) is 0.259. The van der Waals surface area contributed by atoms with E-state index in [1.54, 1.807) is 42.5 Å². The van der Waals surface area contributed by atoms with Crippen LogP contribution in [0.4, 0.5) is 5.69 Å². The van der Waals surface area contributed by atoms with Crippen LogP contribution in [0.5, 0.6) is 5.75 Å². The van der Waals surface area contributed by atoms with Gasteiger partial charge >= 0.3 is 5.97 Å². The van der Waals surface area contributed by atoms with Crippen molar-refractivity contribution in [3.8, 4) is 5.75 Å². The molecule has 0 fully saturated rings. The number of sulfonamides is 1. The molecule has 0 radical (unpaired) electrons. The monoisotopic (exact) mass is 538 g/mol. The topological polar surface area (TPSA) is 165 Å². The lowest BCUT2D eigenvalue weighted by atomic mass is 9.97. The van der Waals surface area contributed by atoms with Gasteiger partial charge in [-0.2, -0.15) is 0 Å². The predicted molar refractivity (Wildman–Crippen MR) is 144 cm³/mol. The van der Waals surface area contributed by atoms with E-state index in [1.807, 2.05) is 13.8 Å². The van der Waals surface area contributed by atoms with Crippen LogP contribution >= 0.6 is 0 Å². The summed E-state index contributed by atoms with van der Waals surface area (Å²) in [7, 11) is -3.74. The summed E-state index contributed by atoms with van der Waals surface area (Å²) in [5.74, 6) is -0.902. The third kappa shape index (κ3) is 6.49. The van der Waals surface area contributed by atoms with E-state index in [2.05, 4.69) is 20.0 Å². The van der Waals surface area contributed by atoms with Crippen molar-refractivity contribution < 1.29 is 28.5 Å². The average Bonchev–Trinajstić information content (AvgIpc) is 3.28. The number of aromatic hydroxyl groups is 1. The standard InChI is InChI=1S/C27H30N4O6S/c1-27(2,12-11-25-29-21-14-20(26(34)35)23(32)15-22(21)30-25)28-16-24(33)17-7-6-8-18(13-17)31-38(36,37)19-9-4-3-5-10-19/h3-10,13-15,24,28,31-33H,11-12,16H2,1-2H3,(H,29,30)(H,34,35). The van der Waals surface area contributed by atoms with Gasteiger partial charge in [-0.05, 0) is 56.2 Å². The highest BCUT2D eigenvalue weighted by atomic mass is 32.2. The third-order valence-corrected chi connectivity index (χ3v) is 7.61. The molecule has 10 nitrogen and oxygen atoms in total. The number of hydrogen-bond donors (Lipinski definition) is 6. The van der Waals surface area contributed by atoms with Crippen molar-refractivity contribution in [2.75, 3.05) is 11.3 Å². The number of β-amino-alcohol motifs (C(OH)–C–C–N with tert-alkyl or cyclic N) is 1. The van der Waals surface area contributed by atoms with Gasteiger partial charge in [-0.1, -0.05) is 30.3 Å². The number of carbonyl (C=O) groups is 1. The highest BCUT2D eigenvalue weighted by Gasteiger charge is 2.21. The molecule has 0 spiro atoms. The first kappa shape index (κ1) is 27.1. The number of aryl methyl sites for hydroxylation is 1. The Bertz CT molecular complexity index is 1550. The number of benzene rings is 3. The summed E-state index contributed by atoms with van der Waals surface area (Å²) in [5.41, 5.74) is 1.33. The molecule has 0 amide bonds. The second kappa shape index (κ2) is 10.8. The molecule has 0 saturated heterocycles. The van der Waals surface area contributed by atoms with Gasteiger partial charge in [0.25, 0.3) is 10.0 Å². The van der Waals surface area contributed by atoms with Gasteiger partial charge in [0.1, 0.15) is 17.1 Å². The Balaban J connectivity index is 1.35. The summed E-state index contributed by atoms with van der Waals surface area (Å²) < 4.78 is 27.8. The minimum atomic E-state index is -3.74. The van der Waals surface area contributed by atoms with Crippen LogP contribution in [0.3, 0.4) is 0 Å². The number of rotatable bonds is 11. The number of nitrogens with one attached hydrogen (secondary N) is 3. The second-order valence-corrected chi connectivity index (χ2v) is 11.4. The maximum absolute atomic E-state index is 12.6. The van der Waals surface area contributed by atoms with E-state index in [9.17, 15) is 28.5 Å². The number of aliphatic hydroxyl groups excluding tert-OH is 1. The van der Waals surface area contributed by atoms with Crippen molar-refractivity contribution in [3.05, 3.63) is 83.7 Å². The van der Waals surface area contributed by atoms with Gasteiger partial charge in [-0.15, -0.1) is 0 Å². The molecule has 200 valence electrons. The molecule has 4 rings (SSSR count). The number of phenols is 1. The fourth-order valence-electron chi connectivity index (χ4n) is 4.02. The zero-order chi connectivity index (χ0) is 27.5. The van der Waals surface area contributed by atoms with Crippen molar-refractivity contribution in [2.45, 2.75) is 43.2 Å². The molecule has 1 heterocycles. The third-order valence-electron chi connectivity index (χ3n) is 6.22. The highest BCUT2D eigenvalue weighted by molar-refractivity contribution is 7.92. The SMILES string of the molecule is CC(C)(CCc1nc2cc(C(=O)O)c(O)cc2[nH]1)NCC(O)c1cccc(NS(=O)(=O)c2ccccc2)c1. The highest BCUT2D eigenvalue weighted by Crippen LogP contribution is 2.25. The number of hydrogen-bond acceptors (Lipinski definition) is 7. The Labute approximate surface area is 220 Å². The van der Waals surface area contributed by atoms with Crippen molar-refractivity contribution in [2.24, 2.45) is 0 Å². The number of H-pyrrole nitrogens is 1. The number of aromatic amines is 1. The number of imidazole rings is 1. The van der Waals surface area contributed by atoms with Crippen LogP contribution in [0.1, 0.15) is 48.1 Å². The van der Waals surface area contributed by atoms with Gasteiger partial charge in [-0.3, -0.25) is 4.72 Å². The molecule has 11 heteroatoms. The molecular formula is C27H30N4O6S. The summed E-state index contributed by atoms with van der Waals surface area (Å²) in [6, 6.07) is 17.4. The lowest BCUT2D eigenvalue weighted by Gasteiger charge is -2.28. The van der Waals surface area contributed by atoms with E-state index >= 15 is 0 Å². The number of anilines is 1. The van der Waals surface area contributed by atoms with E-state index < -0.39 is 22.1 Å². The van der Waals surface area contributed by atoms with Gasteiger partial charge in [0.05, 0.1) is 22.0 Å². The Hall–Kier alpha value is -3.93. The van der Waals surface area contributed by atoms with E-state index in [-0.39, 0.29) is 28.3 Å². The molecule has 0 aliphatic heterocycles. The Morgan fingerprint density at radius 1 is 1.08 bits per heavy atom. The zero-order valence-corrected chi connectivity index (χ0v) is 21.8. The molecule has 0 saturated carbocycles. The molecule has 1 atom stereocenters. The largest absolute Gasteiger partial charge is 0.507 e. The van der Waals surface area contributed by atoms with Crippen LogP contribution in [0.2, 0.25) is 0 Å². The Morgan fingerprint density at radius 2 is 1.82 bits per heavy atom. The number of carboxylic acids is 1. The molecular weight excluding hydrogens is 508 g/mol. The van der Waals surface area contributed by atoms with Gasteiger partial charge in [-0.25, -0.2) is 18.2 Å². The van der Waals surface area contributed by atoms with Crippen LogP contribution in [0.25, 0.3) is 11.0 Å². The minimum absolute atomic E-state index is 0.151. The first-order valence-corrected chi connectivity index (χ1v) is 13.5. The lowest BCUT2D eigenvalue weighted by Crippen LogP contribution is -2.42. The molecule has 0 bridgehead atoms. The van der Waals surface area contributed by atoms with Gasteiger partial charge in [0, 0.05) is 30.3 Å². The summed E-state index contributed by atoms with van der Waals surface area (Å²) in [6.07, 6.45) is 0.318. The van der Waals surface area contributed by atoms with E-state index in [4.69, 9.17) is 0 Å². The van der Waals surface area contributed by atoms with Crippen LogP contribution in [0, 0.1) is 0 Å². The number of nitrogens with zero attached hydrogens (tertiary/aromatic N) is 1. The van der Waals surface area contributed by atoms with Crippen molar-refractivity contribution in [1.29, 1.82) is 0 Å². The van der Waals surface area contributed by atoms with Crippen LogP contribution in [-0.4, -0.2) is 51.8 Å². The van der Waals surface area contributed by atoms with Gasteiger partial charge in [0.15, 0.2) is 0 Å². The summed E-state index contributed by atoms with van der Waals surface area (Å²) in [4.78, 5) is 18.9. The molecule has 0 aliphatic rings. The average molecular weight is 539 g/mol. The van der Waals surface area contributed by atoms with E-state index in [0.717, 1.165) is 0 Å². The number of aliphatic hydroxyl groups is 1. The molecule has 1 unspecified atom stereocenters. The van der Waals surface area contributed by atoms with E-state index in [1.165, 1.54) is 24.3 Å². The first-order chi connectivity index (χ1) is 17.9. The van der Waals surface area contributed by atoms with E-state index in [0.29, 0.717) is 41.0 Å². The van der Waals surface area contributed by atoms with Crippen LogP contribution < -0.4 is 10.0 Å². The number of carboxylic acid groups (broad SMARTS) is 1. The van der Waals surface area contributed by atoms with Crippen LogP contribution in [-0.2, 0) is 16.4 Å². The number of aromatic nitrogens is 2. The van der Waals surface area contributed by atoms with Crippen molar-refractivity contribution >= 4 is 32.7 Å². The number of fused-ring (bicyclic) bond motifs is 1. The zero-order valence-electron chi connectivity index (χ0n) is 21.0. The quantitative estimate of drug-likeness (QED) is 0.168. The molecule has 1 aromatic heterocycles. The lowest BCUT2D eigenvalue weighted by molar-refractivity contribution is 0.0694. The summed E-state index contributed by atoms with van der Waals surface area (Å²) in [5, 5.41) is 33.2. The molecule has 0 aliphatic carbocycles. The first-order valence-electron chi connectivity index (χ1n) is 12.0. The van der Waals surface area contributed by atoms with Gasteiger partial charge < -0.3 is 25.6 Å². The predicted octanol–water partition coefficient (Wildman–Crippen LogP) is 3.80. The Kier molecular flexibility index (Phi) is 7.72. The maximum Gasteiger partial charge on any atom is 0.339 e. The normalized spacial score (nSPS) is 12.9. The Morgan fingerprint density at radius 3 is 2.53 bits per heavy atom. The molecule has 3 aromatic carbocycles. The van der Waals surface area contributed by atoms with Crippen molar-refractivity contribution in [1.82, 2.24) is 15.3 Å². The minimum Gasteiger partial charge on any atom is -0.507 e. The summed E-state index contributed by atoms with van der Waals surface area (Å²) in [6.45, 7) is 4.21. The maximum atomic E-state index is 12.6. The molecule has 4 aromatic rings. The molecule has 38 heavy (non-hydrogen) atoms. The fourth-order valence-corrected chi connectivity index (χ4v) is 5.09. The van der Waals surface area contributed by atoms with Crippen molar-refractivity contribution in [3.63, 3.8) is 0 Å². The summed E-state index contributed by atoms with van der Waals surface area (Å²) >= 11 is 0. The smallest absolute Gasteiger partial charge is 0.339 e. The van der Waals surface area contributed by atoms with Gasteiger partial charge in [0.2, 0.25) is 0 Å².